The largest absolute Gasteiger partial charge is 0.416 e. The van der Waals surface area contributed by atoms with E-state index in [4.69, 9.17) is 11.6 Å². The Morgan fingerprint density at radius 2 is 1.79 bits per heavy atom. The van der Waals surface area contributed by atoms with Crippen LogP contribution in [0.2, 0.25) is 5.02 Å². The van der Waals surface area contributed by atoms with E-state index in [1.807, 2.05) is 30.3 Å². The molecule has 1 N–H and O–H groups in total. The summed E-state index contributed by atoms with van der Waals surface area (Å²) in [5.41, 5.74) is 1.45. The number of carbonyl (C=O) groups is 2. The van der Waals surface area contributed by atoms with Gasteiger partial charge in [0, 0.05) is 21.8 Å². The Balaban J connectivity index is 1.63. The molecule has 168 valence electrons. The van der Waals surface area contributed by atoms with Crippen LogP contribution in [-0.4, -0.2) is 30.6 Å². The molecule has 0 bridgehead atoms. The number of carbonyl (C=O) groups excluding carboxylic acids is 2. The van der Waals surface area contributed by atoms with E-state index in [2.05, 4.69) is 10.3 Å². The zero-order chi connectivity index (χ0) is 23.6. The highest BCUT2D eigenvalue weighted by molar-refractivity contribution is 6.32. The van der Waals surface area contributed by atoms with Crippen LogP contribution in [0.15, 0.2) is 77.8 Å². The average molecular weight is 472 g/mol. The van der Waals surface area contributed by atoms with E-state index in [1.54, 1.807) is 18.2 Å². The van der Waals surface area contributed by atoms with Crippen LogP contribution in [-0.2, 0) is 15.8 Å². The fraction of sp³-hybridized carbons (Fsp3) is 0.125. The molecule has 1 aliphatic rings. The lowest BCUT2D eigenvalue weighted by Gasteiger charge is -2.23. The Bertz CT molecular complexity index is 1240. The van der Waals surface area contributed by atoms with Gasteiger partial charge in [-0.25, -0.2) is 0 Å². The van der Waals surface area contributed by atoms with Crippen molar-refractivity contribution in [3.05, 3.63) is 94.5 Å². The van der Waals surface area contributed by atoms with Crippen LogP contribution in [0.4, 0.5) is 24.5 Å². The topological polar surface area (TPSA) is 61.8 Å². The van der Waals surface area contributed by atoms with E-state index in [1.165, 1.54) is 17.0 Å². The van der Waals surface area contributed by atoms with Gasteiger partial charge in [0.05, 0.1) is 17.0 Å². The third-order valence-corrected chi connectivity index (χ3v) is 5.24. The van der Waals surface area contributed by atoms with Gasteiger partial charge in [0.1, 0.15) is 13.1 Å². The molecule has 0 aromatic heterocycles. The van der Waals surface area contributed by atoms with Gasteiger partial charge in [-0.05, 0) is 36.4 Å². The molecular formula is C24H17ClF3N3O2. The maximum absolute atomic E-state index is 13.0. The van der Waals surface area contributed by atoms with E-state index < -0.39 is 30.1 Å². The van der Waals surface area contributed by atoms with Crippen LogP contribution < -0.4 is 10.2 Å². The number of halogens is 4. The summed E-state index contributed by atoms with van der Waals surface area (Å²) in [5.74, 6) is -1.07. The number of nitrogens with zero attached hydrogens (tertiary/aromatic N) is 2. The first-order valence-electron chi connectivity index (χ1n) is 9.89. The monoisotopic (exact) mass is 471 g/mol. The molecule has 4 rings (SSSR count). The molecule has 0 unspecified atom stereocenters. The summed E-state index contributed by atoms with van der Waals surface area (Å²) in [7, 11) is 0. The first kappa shape index (κ1) is 22.5. The SMILES string of the molecule is O=C(CN1C(=O)CN=C(c2ccccc2)c2cc(Cl)ccc21)Nc1cccc(C(F)(F)F)c1. The molecule has 2 amide bonds. The number of aliphatic imine (C=N–C) groups is 1. The second-order valence-corrected chi connectivity index (χ2v) is 7.74. The molecule has 0 fully saturated rings. The van der Waals surface area contributed by atoms with E-state index >= 15 is 0 Å². The molecule has 0 atom stereocenters. The van der Waals surface area contributed by atoms with Crippen molar-refractivity contribution in [2.75, 3.05) is 23.3 Å². The number of hydrogen-bond donors (Lipinski definition) is 1. The minimum atomic E-state index is -4.54. The molecule has 0 spiro atoms. The molecule has 1 aliphatic heterocycles. The van der Waals surface area contributed by atoms with Gasteiger partial charge in [-0.2, -0.15) is 13.2 Å². The highest BCUT2D eigenvalue weighted by Gasteiger charge is 2.31. The van der Waals surface area contributed by atoms with Gasteiger partial charge in [-0.15, -0.1) is 0 Å². The summed E-state index contributed by atoms with van der Waals surface area (Å²) in [6.45, 7) is -0.603. The first-order valence-corrected chi connectivity index (χ1v) is 10.3. The maximum Gasteiger partial charge on any atom is 0.416 e. The van der Waals surface area contributed by atoms with Crippen molar-refractivity contribution in [2.24, 2.45) is 4.99 Å². The third-order valence-electron chi connectivity index (χ3n) is 5.00. The molecule has 0 saturated carbocycles. The van der Waals surface area contributed by atoms with Gasteiger partial charge in [0.2, 0.25) is 11.8 Å². The van der Waals surface area contributed by atoms with Crippen LogP contribution in [0.1, 0.15) is 16.7 Å². The number of anilines is 2. The maximum atomic E-state index is 13.0. The lowest BCUT2D eigenvalue weighted by molar-refractivity contribution is -0.137. The Morgan fingerprint density at radius 3 is 2.52 bits per heavy atom. The molecule has 33 heavy (non-hydrogen) atoms. The van der Waals surface area contributed by atoms with E-state index in [9.17, 15) is 22.8 Å². The fourth-order valence-corrected chi connectivity index (χ4v) is 3.69. The van der Waals surface area contributed by atoms with Gasteiger partial charge in [0.15, 0.2) is 0 Å². The third kappa shape index (κ3) is 5.06. The summed E-state index contributed by atoms with van der Waals surface area (Å²) < 4.78 is 38.9. The summed E-state index contributed by atoms with van der Waals surface area (Å²) in [6.07, 6.45) is -4.54. The average Bonchev–Trinajstić information content (AvgIpc) is 2.90. The molecule has 0 radical (unpaired) electrons. The molecule has 0 saturated heterocycles. The summed E-state index contributed by atoms with van der Waals surface area (Å²) in [5, 5.41) is 2.86. The van der Waals surface area contributed by atoms with Crippen molar-refractivity contribution in [3.8, 4) is 0 Å². The van der Waals surface area contributed by atoms with Crippen molar-refractivity contribution in [2.45, 2.75) is 6.18 Å². The Morgan fingerprint density at radius 1 is 1.03 bits per heavy atom. The highest BCUT2D eigenvalue weighted by atomic mass is 35.5. The summed E-state index contributed by atoms with van der Waals surface area (Å²) in [6, 6.07) is 18.4. The summed E-state index contributed by atoms with van der Waals surface area (Å²) >= 11 is 6.20. The smallest absolute Gasteiger partial charge is 0.325 e. The van der Waals surface area contributed by atoms with Gasteiger partial charge in [-0.1, -0.05) is 48.0 Å². The standard InChI is InChI=1S/C24H17ClF3N3O2/c25-17-9-10-20-19(12-17)23(15-5-2-1-3-6-15)29-13-22(33)31(20)14-21(32)30-18-8-4-7-16(11-18)24(26,27)28/h1-12H,13-14H2,(H,30,32). The van der Waals surface area contributed by atoms with Crippen LogP contribution in [0, 0.1) is 0 Å². The van der Waals surface area contributed by atoms with Crippen LogP contribution >= 0.6 is 11.6 Å². The molecule has 5 nitrogen and oxygen atoms in total. The molecule has 0 aliphatic carbocycles. The first-order chi connectivity index (χ1) is 15.7. The molecule has 1 heterocycles. The molecule has 9 heteroatoms. The number of alkyl halides is 3. The number of nitrogens with one attached hydrogen (secondary N) is 1. The Hall–Kier alpha value is -3.65. The normalized spacial score (nSPS) is 13.8. The second-order valence-electron chi connectivity index (χ2n) is 7.30. The summed E-state index contributed by atoms with van der Waals surface area (Å²) in [4.78, 5) is 31.3. The van der Waals surface area contributed by atoms with Crippen LogP contribution in [0.25, 0.3) is 0 Å². The minimum Gasteiger partial charge on any atom is -0.325 e. The van der Waals surface area contributed by atoms with Crippen LogP contribution in [0.3, 0.4) is 0 Å². The van der Waals surface area contributed by atoms with Gasteiger partial charge >= 0.3 is 6.18 Å². The molecule has 3 aromatic rings. The van der Waals surface area contributed by atoms with E-state index in [0.29, 0.717) is 22.0 Å². The number of hydrogen-bond acceptors (Lipinski definition) is 3. The number of amides is 2. The quantitative estimate of drug-likeness (QED) is 0.570. The van der Waals surface area contributed by atoms with Crippen molar-refractivity contribution in [3.63, 3.8) is 0 Å². The van der Waals surface area contributed by atoms with Crippen molar-refractivity contribution < 1.29 is 22.8 Å². The van der Waals surface area contributed by atoms with Crippen molar-refractivity contribution in [1.82, 2.24) is 0 Å². The molecule has 3 aromatic carbocycles. The number of benzene rings is 3. The lowest BCUT2D eigenvalue weighted by atomic mass is 10.00. The van der Waals surface area contributed by atoms with E-state index in [0.717, 1.165) is 17.7 Å². The minimum absolute atomic E-state index is 0.0188. The number of benzodiazepines with no additional fused rings is 1. The fourth-order valence-electron chi connectivity index (χ4n) is 3.52. The Labute approximate surface area is 192 Å². The zero-order valence-electron chi connectivity index (χ0n) is 17.1. The van der Waals surface area contributed by atoms with Gasteiger partial charge < -0.3 is 10.2 Å². The van der Waals surface area contributed by atoms with Crippen molar-refractivity contribution >= 4 is 40.5 Å². The Kier molecular flexibility index (Phi) is 6.20. The second kappa shape index (κ2) is 9.07. The lowest BCUT2D eigenvalue weighted by Crippen LogP contribution is -2.39. The van der Waals surface area contributed by atoms with Crippen LogP contribution in [0.5, 0.6) is 0 Å². The number of fused-ring (bicyclic) bond motifs is 1. The van der Waals surface area contributed by atoms with Gasteiger partial charge in [-0.3, -0.25) is 14.6 Å². The highest BCUT2D eigenvalue weighted by Crippen LogP contribution is 2.31. The predicted octanol–water partition coefficient (Wildman–Crippen LogP) is 5.18. The van der Waals surface area contributed by atoms with Crippen molar-refractivity contribution in [1.29, 1.82) is 0 Å². The zero-order valence-corrected chi connectivity index (χ0v) is 17.8. The van der Waals surface area contributed by atoms with E-state index in [-0.39, 0.29) is 12.2 Å². The van der Waals surface area contributed by atoms with Gasteiger partial charge in [0.25, 0.3) is 0 Å². The molecular weight excluding hydrogens is 455 g/mol. The predicted molar refractivity (Wildman–Crippen MR) is 121 cm³/mol. The number of rotatable bonds is 4.